The Balaban J connectivity index is 0.00000272. The highest BCUT2D eigenvalue weighted by atomic mass is 127. The van der Waals surface area contributed by atoms with Crippen LogP contribution in [0.25, 0.3) is 0 Å². The summed E-state index contributed by atoms with van der Waals surface area (Å²) in [7, 11) is 0. The van der Waals surface area contributed by atoms with E-state index in [1.807, 2.05) is 6.07 Å². The van der Waals surface area contributed by atoms with Crippen molar-refractivity contribution in [2.24, 2.45) is 4.99 Å². The van der Waals surface area contributed by atoms with E-state index in [1.54, 1.807) is 0 Å². The number of benzene rings is 1. The van der Waals surface area contributed by atoms with Crippen LogP contribution in [0, 0.1) is 0 Å². The van der Waals surface area contributed by atoms with Crippen molar-refractivity contribution in [1.82, 2.24) is 20.0 Å². The Hall–Kier alpha value is -0.610. The number of halogens is 2. The number of hydrogen-bond acceptors (Lipinski definition) is 4. The molecule has 0 saturated carbocycles. The average Bonchev–Trinajstić information content (AvgIpc) is 3.47. The molecule has 8 heteroatoms. The van der Waals surface area contributed by atoms with E-state index in [9.17, 15) is 0 Å². The summed E-state index contributed by atoms with van der Waals surface area (Å²) in [6.07, 6.45) is 3.75. The molecule has 0 spiro atoms. The van der Waals surface area contributed by atoms with Gasteiger partial charge >= 0.3 is 0 Å². The first-order valence-corrected chi connectivity index (χ1v) is 12.0. The third-order valence-corrected chi connectivity index (χ3v) is 6.82. The molecule has 3 aliphatic rings. The van der Waals surface area contributed by atoms with Crippen LogP contribution in [0.2, 0.25) is 5.02 Å². The van der Waals surface area contributed by atoms with Gasteiger partial charge in [0.1, 0.15) is 0 Å². The second-order valence-electron chi connectivity index (χ2n) is 8.55. The molecule has 0 amide bonds. The smallest absolute Gasteiger partial charge is 0.194 e. The summed E-state index contributed by atoms with van der Waals surface area (Å²) in [5.74, 6) is 1.06. The van der Waals surface area contributed by atoms with E-state index in [-0.39, 0.29) is 30.0 Å². The predicted octanol–water partition coefficient (Wildman–Crippen LogP) is 3.47. The maximum Gasteiger partial charge on any atom is 0.194 e. The Bertz CT molecular complexity index is 709. The molecule has 31 heavy (non-hydrogen) atoms. The van der Waals surface area contributed by atoms with E-state index in [0.717, 1.165) is 76.6 Å². The van der Waals surface area contributed by atoms with Gasteiger partial charge in [0.25, 0.3) is 0 Å². The predicted molar refractivity (Wildman–Crippen MR) is 139 cm³/mol. The van der Waals surface area contributed by atoms with Crippen molar-refractivity contribution >= 4 is 41.5 Å². The number of nitrogens with one attached hydrogen (secondary N) is 1. The van der Waals surface area contributed by atoms with Crippen LogP contribution >= 0.6 is 35.6 Å². The maximum absolute atomic E-state index is 6.31. The van der Waals surface area contributed by atoms with Gasteiger partial charge in [-0.1, -0.05) is 23.7 Å². The van der Waals surface area contributed by atoms with Gasteiger partial charge in [-0.2, -0.15) is 0 Å². The van der Waals surface area contributed by atoms with Crippen molar-refractivity contribution in [3.63, 3.8) is 0 Å². The normalized spacial score (nSPS) is 24.3. The summed E-state index contributed by atoms with van der Waals surface area (Å²) in [5, 5.41) is 4.35. The van der Waals surface area contributed by atoms with E-state index in [2.05, 4.69) is 45.1 Å². The highest BCUT2D eigenvalue weighted by Gasteiger charge is 2.31. The SMILES string of the molecule is CCNC(=NCC(c1cccc(Cl)c1)N1CCCC1)N1CCC(N2CCOCC2)C1.I. The molecule has 1 N–H and O–H groups in total. The number of hydrogen-bond donors (Lipinski definition) is 1. The van der Waals surface area contributed by atoms with Gasteiger partial charge in [-0.15, -0.1) is 24.0 Å². The molecule has 4 rings (SSSR count). The number of guanidine groups is 1. The van der Waals surface area contributed by atoms with Gasteiger partial charge in [0.15, 0.2) is 5.96 Å². The molecule has 2 unspecified atom stereocenters. The van der Waals surface area contributed by atoms with Gasteiger partial charge in [0, 0.05) is 43.8 Å². The summed E-state index contributed by atoms with van der Waals surface area (Å²) in [6, 6.07) is 9.22. The fraction of sp³-hybridized carbons (Fsp3) is 0.696. The summed E-state index contributed by atoms with van der Waals surface area (Å²) < 4.78 is 5.53. The van der Waals surface area contributed by atoms with E-state index < -0.39 is 0 Å². The number of rotatable bonds is 6. The zero-order chi connectivity index (χ0) is 20.8. The average molecular weight is 562 g/mol. The minimum absolute atomic E-state index is 0. The second-order valence-corrected chi connectivity index (χ2v) is 8.98. The maximum atomic E-state index is 6.31. The molecule has 1 aromatic carbocycles. The Kier molecular flexibility index (Phi) is 10.2. The van der Waals surface area contributed by atoms with E-state index >= 15 is 0 Å². The second kappa shape index (κ2) is 12.6. The van der Waals surface area contributed by atoms with Crippen LogP contribution in [-0.2, 0) is 4.74 Å². The molecule has 2 atom stereocenters. The van der Waals surface area contributed by atoms with Crippen molar-refractivity contribution in [1.29, 1.82) is 0 Å². The van der Waals surface area contributed by atoms with Crippen LogP contribution in [-0.4, -0.2) is 92.3 Å². The molecular formula is C23H37ClIN5O. The highest BCUT2D eigenvalue weighted by molar-refractivity contribution is 14.0. The monoisotopic (exact) mass is 561 g/mol. The van der Waals surface area contributed by atoms with Gasteiger partial charge in [-0.05, 0) is 57.0 Å². The summed E-state index contributed by atoms with van der Waals surface area (Å²) in [6.45, 7) is 12.1. The lowest BCUT2D eigenvalue weighted by molar-refractivity contribution is 0.0195. The Labute approximate surface area is 209 Å². The topological polar surface area (TPSA) is 43.3 Å². The fourth-order valence-corrected chi connectivity index (χ4v) is 5.17. The van der Waals surface area contributed by atoms with E-state index in [4.69, 9.17) is 21.3 Å². The zero-order valence-electron chi connectivity index (χ0n) is 18.6. The number of morpholine rings is 1. The number of ether oxygens (including phenoxy) is 1. The molecule has 3 heterocycles. The van der Waals surface area contributed by atoms with Crippen LogP contribution in [0.15, 0.2) is 29.3 Å². The van der Waals surface area contributed by atoms with Gasteiger partial charge in [-0.25, -0.2) is 0 Å². The molecule has 0 aromatic heterocycles. The van der Waals surface area contributed by atoms with Crippen LogP contribution in [0.5, 0.6) is 0 Å². The van der Waals surface area contributed by atoms with Gasteiger partial charge < -0.3 is 15.0 Å². The number of nitrogens with zero attached hydrogens (tertiary/aromatic N) is 4. The van der Waals surface area contributed by atoms with Crippen LogP contribution in [0.4, 0.5) is 0 Å². The minimum atomic E-state index is 0. The molecule has 1 aromatic rings. The first kappa shape index (κ1) is 25.0. The molecule has 3 fully saturated rings. The number of aliphatic imine (C=N–C) groups is 1. The third kappa shape index (κ3) is 6.69. The lowest BCUT2D eigenvalue weighted by Gasteiger charge is -2.32. The zero-order valence-corrected chi connectivity index (χ0v) is 21.7. The molecule has 174 valence electrons. The Morgan fingerprint density at radius 2 is 1.97 bits per heavy atom. The molecular weight excluding hydrogens is 525 g/mol. The Morgan fingerprint density at radius 3 is 2.68 bits per heavy atom. The first-order chi connectivity index (χ1) is 14.7. The van der Waals surface area contributed by atoms with Crippen LogP contribution in [0.1, 0.15) is 37.8 Å². The number of likely N-dealkylation sites (tertiary alicyclic amines) is 2. The molecule has 0 aliphatic carbocycles. The highest BCUT2D eigenvalue weighted by Crippen LogP contribution is 2.27. The lowest BCUT2D eigenvalue weighted by atomic mass is 10.1. The summed E-state index contributed by atoms with van der Waals surface area (Å²) in [4.78, 5) is 12.7. The lowest BCUT2D eigenvalue weighted by Crippen LogP contribution is -2.46. The molecule has 6 nitrogen and oxygen atoms in total. The largest absolute Gasteiger partial charge is 0.379 e. The van der Waals surface area contributed by atoms with Crippen molar-refractivity contribution in [2.45, 2.75) is 38.3 Å². The standard InChI is InChI=1S/C23H36ClN5O.HI/c1-2-25-23(29-11-8-21(18-29)27-12-14-30-15-13-27)26-17-22(28-9-3-4-10-28)19-6-5-7-20(24)16-19;/h5-7,16,21-22H,2-4,8-15,17-18H2,1H3,(H,25,26);1H. The van der Waals surface area contributed by atoms with E-state index in [1.165, 1.54) is 24.8 Å². The van der Waals surface area contributed by atoms with Gasteiger partial charge in [-0.3, -0.25) is 14.8 Å². The third-order valence-electron chi connectivity index (χ3n) is 6.59. The molecule has 3 aliphatic heterocycles. The first-order valence-electron chi connectivity index (χ1n) is 11.6. The van der Waals surface area contributed by atoms with Crippen LogP contribution < -0.4 is 5.32 Å². The summed E-state index contributed by atoms with van der Waals surface area (Å²) in [5.41, 5.74) is 1.27. The van der Waals surface area contributed by atoms with Crippen LogP contribution in [0.3, 0.4) is 0 Å². The molecule has 0 radical (unpaired) electrons. The van der Waals surface area contributed by atoms with E-state index in [0.29, 0.717) is 6.04 Å². The Morgan fingerprint density at radius 1 is 1.19 bits per heavy atom. The van der Waals surface area contributed by atoms with Crippen molar-refractivity contribution in [3.8, 4) is 0 Å². The van der Waals surface area contributed by atoms with Crippen molar-refractivity contribution in [3.05, 3.63) is 34.9 Å². The van der Waals surface area contributed by atoms with Crippen molar-refractivity contribution < 1.29 is 4.74 Å². The minimum Gasteiger partial charge on any atom is -0.379 e. The summed E-state index contributed by atoms with van der Waals surface area (Å²) >= 11 is 6.31. The van der Waals surface area contributed by atoms with Gasteiger partial charge in [0.05, 0.1) is 25.8 Å². The quantitative estimate of drug-likeness (QED) is 0.327. The fourth-order valence-electron chi connectivity index (χ4n) is 4.97. The van der Waals surface area contributed by atoms with Crippen molar-refractivity contribution in [2.75, 3.05) is 65.6 Å². The molecule has 3 saturated heterocycles. The van der Waals surface area contributed by atoms with Gasteiger partial charge in [0.2, 0.25) is 0 Å². The molecule has 0 bridgehead atoms.